The van der Waals surface area contributed by atoms with E-state index in [0.717, 1.165) is 29.7 Å². The van der Waals surface area contributed by atoms with Crippen molar-refractivity contribution < 1.29 is 0 Å². The van der Waals surface area contributed by atoms with E-state index in [1.54, 1.807) is 19.3 Å². The largest absolute Gasteiger partial charge is 0.313 e. The molecule has 1 aliphatic heterocycles. The second-order valence-electron chi connectivity index (χ2n) is 8.76. The van der Waals surface area contributed by atoms with Gasteiger partial charge in [0.1, 0.15) is 0 Å². The monoisotopic (exact) mass is 276 g/mol. The van der Waals surface area contributed by atoms with Crippen molar-refractivity contribution in [2.24, 2.45) is 29.1 Å². The van der Waals surface area contributed by atoms with Gasteiger partial charge in [0.2, 0.25) is 0 Å². The maximum Gasteiger partial charge on any atom is 0.0101 e. The van der Waals surface area contributed by atoms with E-state index in [2.05, 4.69) is 24.2 Å². The maximum absolute atomic E-state index is 4.03. The SMILES string of the molecule is CN1CCC(C)(CNC2CC3CC2C2CCCC32)CC1. The number of rotatable bonds is 3. The van der Waals surface area contributed by atoms with E-state index in [-0.39, 0.29) is 0 Å². The first kappa shape index (κ1) is 13.6. The molecular formula is C18H32N2. The molecule has 5 unspecified atom stereocenters. The highest BCUT2D eigenvalue weighted by molar-refractivity contribution is 5.05. The Kier molecular flexibility index (Phi) is 3.38. The third-order valence-electron chi connectivity index (χ3n) is 7.41. The molecule has 1 saturated heterocycles. The molecule has 0 amide bonds. The van der Waals surface area contributed by atoms with Gasteiger partial charge in [-0.25, -0.2) is 0 Å². The number of nitrogens with one attached hydrogen (secondary N) is 1. The first-order valence-electron chi connectivity index (χ1n) is 9.07. The third-order valence-corrected chi connectivity index (χ3v) is 7.41. The third kappa shape index (κ3) is 2.23. The van der Waals surface area contributed by atoms with Gasteiger partial charge >= 0.3 is 0 Å². The number of hydrogen-bond donors (Lipinski definition) is 1. The van der Waals surface area contributed by atoms with Gasteiger partial charge in [-0.1, -0.05) is 13.3 Å². The average molecular weight is 276 g/mol. The van der Waals surface area contributed by atoms with Gasteiger partial charge in [0.05, 0.1) is 0 Å². The lowest BCUT2D eigenvalue weighted by molar-refractivity contribution is 0.121. The number of fused-ring (bicyclic) bond motifs is 5. The van der Waals surface area contributed by atoms with Crippen LogP contribution in [0.15, 0.2) is 0 Å². The normalized spacial score (nSPS) is 46.8. The Morgan fingerprint density at radius 3 is 2.60 bits per heavy atom. The van der Waals surface area contributed by atoms with E-state index in [1.807, 2.05) is 0 Å². The fourth-order valence-electron chi connectivity index (χ4n) is 6.02. The van der Waals surface area contributed by atoms with Gasteiger partial charge in [0.25, 0.3) is 0 Å². The molecule has 2 heteroatoms. The number of likely N-dealkylation sites (tertiary alicyclic amines) is 1. The van der Waals surface area contributed by atoms with Gasteiger partial charge in [0, 0.05) is 12.6 Å². The minimum Gasteiger partial charge on any atom is -0.313 e. The smallest absolute Gasteiger partial charge is 0.0101 e. The average Bonchev–Trinajstić information content (AvgIpc) is 3.11. The van der Waals surface area contributed by atoms with Crippen LogP contribution in [0.2, 0.25) is 0 Å². The fraction of sp³-hybridized carbons (Fsp3) is 1.00. The number of nitrogens with zero attached hydrogens (tertiary/aromatic N) is 1. The van der Waals surface area contributed by atoms with Crippen LogP contribution < -0.4 is 5.32 Å². The Balaban J connectivity index is 1.32. The molecule has 0 spiro atoms. The molecule has 20 heavy (non-hydrogen) atoms. The summed E-state index contributed by atoms with van der Waals surface area (Å²) in [6, 6.07) is 0.871. The highest BCUT2D eigenvalue weighted by Crippen LogP contribution is 2.58. The molecule has 0 radical (unpaired) electrons. The summed E-state index contributed by atoms with van der Waals surface area (Å²) in [5, 5.41) is 4.03. The second-order valence-corrected chi connectivity index (χ2v) is 8.76. The van der Waals surface area contributed by atoms with E-state index in [9.17, 15) is 0 Å². The molecule has 5 atom stereocenters. The first-order chi connectivity index (χ1) is 9.65. The summed E-state index contributed by atoms with van der Waals surface area (Å²) in [5.41, 5.74) is 0.559. The second kappa shape index (κ2) is 4.98. The summed E-state index contributed by atoms with van der Waals surface area (Å²) < 4.78 is 0. The van der Waals surface area contributed by atoms with Crippen LogP contribution >= 0.6 is 0 Å². The topological polar surface area (TPSA) is 15.3 Å². The van der Waals surface area contributed by atoms with E-state index in [0.29, 0.717) is 5.41 Å². The molecule has 3 aliphatic carbocycles. The Bertz CT molecular complexity index is 358. The molecule has 3 saturated carbocycles. The first-order valence-corrected chi connectivity index (χ1v) is 9.07. The van der Waals surface area contributed by atoms with Crippen LogP contribution in [0.3, 0.4) is 0 Å². The summed E-state index contributed by atoms with van der Waals surface area (Å²) in [6.07, 6.45) is 10.5. The summed E-state index contributed by atoms with van der Waals surface area (Å²) >= 11 is 0. The number of piperidine rings is 1. The van der Waals surface area contributed by atoms with Crippen LogP contribution in [0.25, 0.3) is 0 Å². The van der Waals surface area contributed by atoms with Crippen molar-refractivity contribution in [1.29, 1.82) is 0 Å². The molecular weight excluding hydrogens is 244 g/mol. The molecule has 4 rings (SSSR count). The van der Waals surface area contributed by atoms with Crippen molar-refractivity contribution in [3.05, 3.63) is 0 Å². The summed E-state index contributed by atoms with van der Waals surface area (Å²) in [6.45, 7) is 6.36. The van der Waals surface area contributed by atoms with Crippen molar-refractivity contribution in [1.82, 2.24) is 10.2 Å². The predicted molar refractivity (Wildman–Crippen MR) is 83.7 cm³/mol. The Labute approximate surface area is 124 Å². The Morgan fingerprint density at radius 2 is 1.80 bits per heavy atom. The standard InChI is InChI=1S/C18H32N2/c1-18(6-8-20(2)9-7-18)12-19-17-11-13-10-16(17)15-5-3-4-14(13)15/h13-17,19H,3-12H2,1-2H3. The predicted octanol–water partition coefficient (Wildman–Crippen LogP) is 3.13. The zero-order valence-corrected chi connectivity index (χ0v) is 13.4. The minimum atomic E-state index is 0.559. The molecule has 4 fully saturated rings. The van der Waals surface area contributed by atoms with Gasteiger partial charge < -0.3 is 10.2 Å². The van der Waals surface area contributed by atoms with E-state index in [1.165, 1.54) is 45.3 Å². The van der Waals surface area contributed by atoms with Gasteiger partial charge in [0.15, 0.2) is 0 Å². The van der Waals surface area contributed by atoms with E-state index in [4.69, 9.17) is 0 Å². The molecule has 114 valence electrons. The van der Waals surface area contributed by atoms with Crippen molar-refractivity contribution >= 4 is 0 Å². The lowest BCUT2D eigenvalue weighted by Gasteiger charge is -2.40. The highest BCUT2D eigenvalue weighted by atomic mass is 15.1. The zero-order chi connectivity index (χ0) is 13.7. The minimum absolute atomic E-state index is 0.559. The van der Waals surface area contributed by atoms with Crippen LogP contribution in [-0.4, -0.2) is 37.6 Å². The summed E-state index contributed by atoms with van der Waals surface area (Å²) in [4.78, 5) is 2.49. The quantitative estimate of drug-likeness (QED) is 0.852. The van der Waals surface area contributed by atoms with E-state index >= 15 is 0 Å². The molecule has 2 bridgehead atoms. The van der Waals surface area contributed by atoms with Crippen molar-refractivity contribution in [3.63, 3.8) is 0 Å². The van der Waals surface area contributed by atoms with Crippen LogP contribution in [-0.2, 0) is 0 Å². The Morgan fingerprint density at radius 1 is 1.05 bits per heavy atom. The molecule has 2 nitrogen and oxygen atoms in total. The van der Waals surface area contributed by atoms with Crippen molar-refractivity contribution in [2.75, 3.05) is 26.7 Å². The highest BCUT2D eigenvalue weighted by Gasteiger charge is 2.53. The summed E-state index contributed by atoms with van der Waals surface area (Å²) in [7, 11) is 2.27. The van der Waals surface area contributed by atoms with Crippen LogP contribution in [0.5, 0.6) is 0 Å². The maximum atomic E-state index is 4.03. The molecule has 0 aromatic heterocycles. The van der Waals surface area contributed by atoms with Crippen LogP contribution in [0.4, 0.5) is 0 Å². The van der Waals surface area contributed by atoms with Gasteiger partial charge in [-0.2, -0.15) is 0 Å². The van der Waals surface area contributed by atoms with Gasteiger partial charge in [-0.3, -0.25) is 0 Å². The molecule has 1 heterocycles. The van der Waals surface area contributed by atoms with E-state index < -0.39 is 0 Å². The zero-order valence-electron chi connectivity index (χ0n) is 13.4. The van der Waals surface area contributed by atoms with Crippen molar-refractivity contribution in [2.45, 2.75) is 57.9 Å². The lowest BCUT2D eigenvalue weighted by atomic mass is 9.77. The fourth-order valence-corrected chi connectivity index (χ4v) is 6.02. The lowest BCUT2D eigenvalue weighted by Crippen LogP contribution is -2.47. The number of hydrogen-bond acceptors (Lipinski definition) is 2. The van der Waals surface area contributed by atoms with Gasteiger partial charge in [-0.15, -0.1) is 0 Å². The molecule has 4 aliphatic rings. The molecule has 0 aromatic rings. The van der Waals surface area contributed by atoms with Crippen molar-refractivity contribution in [3.8, 4) is 0 Å². The molecule has 0 aromatic carbocycles. The van der Waals surface area contributed by atoms with Crippen LogP contribution in [0, 0.1) is 29.1 Å². The van der Waals surface area contributed by atoms with Crippen LogP contribution in [0.1, 0.15) is 51.9 Å². The molecule has 1 N–H and O–H groups in total. The Hall–Kier alpha value is -0.0800. The van der Waals surface area contributed by atoms with Gasteiger partial charge in [-0.05, 0) is 87.7 Å². The summed E-state index contributed by atoms with van der Waals surface area (Å²) in [5.74, 6) is 4.38.